The zero-order valence-corrected chi connectivity index (χ0v) is 25.5. The van der Waals surface area contributed by atoms with Crippen molar-refractivity contribution in [2.75, 3.05) is 17.1 Å². The maximum Gasteiger partial charge on any atom is 0.243 e. The van der Waals surface area contributed by atoms with E-state index in [2.05, 4.69) is 5.32 Å². The van der Waals surface area contributed by atoms with Gasteiger partial charge in [0.15, 0.2) is 0 Å². The molecule has 0 spiro atoms. The van der Waals surface area contributed by atoms with E-state index in [-0.39, 0.29) is 37.4 Å². The summed E-state index contributed by atoms with van der Waals surface area (Å²) in [6.07, 6.45) is 6.08. The van der Waals surface area contributed by atoms with Gasteiger partial charge >= 0.3 is 0 Å². The predicted molar refractivity (Wildman–Crippen MR) is 159 cm³/mol. The smallest absolute Gasteiger partial charge is 0.243 e. The molecule has 39 heavy (non-hydrogen) atoms. The summed E-state index contributed by atoms with van der Waals surface area (Å²) in [4.78, 5) is 28.6. The SMILES string of the molecule is CC[C@H](C(=O)NC1CCCC1)N(Cc1ccc(Cl)c(Cl)c1)C(=O)CCCN(c1cccc(C)c1C)S(C)(=O)=O. The van der Waals surface area contributed by atoms with E-state index in [1.807, 2.05) is 32.9 Å². The summed E-state index contributed by atoms with van der Waals surface area (Å²) in [6.45, 7) is 6.06. The Morgan fingerprint density at radius 1 is 1.08 bits per heavy atom. The molecule has 7 nitrogen and oxygen atoms in total. The van der Waals surface area contributed by atoms with E-state index < -0.39 is 16.1 Å². The van der Waals surface area contributed by atoms with Crippen LogP contribution in [-0.4, -0.2) is 50.0 Å². The summed E-state index contributed by atoms with van der Waals surface area (Å²) < 4.78 is 26.7. The normalized spacial score (nSPS) is 14.7. The molecule has 0 bridgehead atoms. The molecule has 1 fully saturated rings. The molecule has 1 aliphatic rings. The number of carbonyl (C=O) groups is 2. The number of nitrogens with one attached hydrogen (secondary N) is 1. The van der Waals surface area contributed by atoms with Crippen LogP contribution in [0.2, 0.25) is 10.0 Å². The number of aryl methyl sites for hydroxylation is 1. The van der Waals surface area contributed by atoms with Crippen molar-refractivity contribution in [1.29, 1.82) is 0 Å². The second-order valence-corrected chi connectivity index (χ2v) is 13.1. The molecular weight excluding hydrogens is 557 g/mol. The zero-order chi connectivity index (χ0) is 28.7. The molecule has 0 radical (unpaired) electrons. The van der Waals surface area contributed by atoms with Gasteiger partial charge in [-0.15, -0.1) is 0 Å². The molecule has 1 aliphatic carbocycles. The van der Waals surface area contributed by atoms with Crippen molar-refractivity contribution in [3.63, 3.8) is 0 Å². The molecular formula is C29H39Cl2N3O4S. The summed E-state index contributed by atoms with van der Waals surface area (Å²) in [5, 5.41) is 3.92. The van der Waals surface area contributed by atoms with Crippen LogP contribution in [0.5, 0.6) is 0 Å². The molecule has 0 unspecified atom stereocenters. The van der Waals surface area contributed by atoms with Gasteiger partial charge in [-0.3, -0.25) is 13.9 Å². The van der Waals surface area contributed by atoms with Gasteiger partial charge in [-0.2, -0.15) is 0 Å². The van der Waals surface area contributed by atoms with Gasteiger partial charge in [-0.25, -0.2) is 8.42 Å². The Balaban J connectivity index is 1.80. The van der Waals surface area contributed by atoms with Crippen LogP contribution in [0.4, 0.5) is 5.69 Å². The van der Waals surface area contributed by atoms with Gasteiger partial charge in [0.1, 0.15) is 6.04 Å². The monoisotopic (exact) mass is 595 g/mol. The first kappa shape index (κ1) is 31.2. The lowest BCUT2D eigenvalue weighted by molar-refractivity contribution is -0.141. The third-order valence-electron chi connectivity index (χ3n) is 7.42. The van der Waals surface area contributed by atoms with E-state index in [1.165, 1.54) is 10.6 Å². The minimum atomic E-state index is -3.56. The molecule has 3 rings (SSSR count). The Bertz CT molecular complexity index is 1280. The summed E-state index contributed by atoms with van der Waals surface area (Å²) >= 11 is 12.3. The summed E-state index contributed by atoms with van der Waals surface area (Å²) in [5.74, 6) is -0.380. The van der Waals surface area contributed by atoms with E-state index in [4.69, 9.17) is 23.2 Å². The molecule has 1 atom stereocenters. The average molecular weight is 597 g/mol. The zero-order valence-electron chi connectivity index (χ0n) is 23.2. The first-order valence-electron chi connectivity index (χ1n) is 13.5. The lowest BCUT2D eigenvalue weighted by Gasteiger charge is -2.32. The van der Waals surface area contributed by atoms with Crippen LogP contribution in [0.1, 0.15) is 68.6 Å². The highest BCUT2D eigenvalue weighted by Crippen LogP contribution is 2.27. The molecule has 0 aliphatic heterocycles. The van der Waals surface area contributed by atoms with Gasteiger partial charge in [-0.1, -0.05) is 61.2 Å². The van der Waals surface area contributed by atoms with Crippen LogP contribution in [0.15, 0.2) is 36.4 Å². The second kappa shape index (κ2) is 13.9. The highest BCUT2D eigenvalue weighted by Gasteiger charge is 2.31. The maximum atomic E-state index is 13.6. The fourth-order valence-electron chi connectivity index (χ4n) is 5.11. The number of hydrogen-bond donors (Lipinski definition) is 1. The fraction of sp³-hybridized carbons (Fsp3) is 0.517. The van der Waals surface area contributed by atoms with Gasteiger partial charge in [0.2, 0.25) is 21.8 Å². The summed E-state index contributed by atoms with van der Waals surface area (Å²) in [5.41, 5.74) is 3.24. The minimum absolute atomic E-state index is 0.0887. The average Bonchev–Trinajstić information content (AvgIpc) is 3.38. The predicted octanol–water partition coefficient (Wildman–Crippen LogP) is 6.02. The van der Waals surface area contributed by atoms with Crippen LogP contribution >= 0.6 is 23.2 Å². The van der Waals surface area contributed by atoms with E-state index in [0.717, 1.165) is 42.4 Å². The maximum absolute atomic E-state index is 13.6. The Kier molecular flexibility index (Phi) is 11.1. The second-order valence-electron chi connectivity index (χ2n) is 10.3. The molecule has 214 valence electrons. The highest BCUT2D eigenvalue weighted by atomic mass is 35.5. The minimum Gasteiger partial charge on any atom is -0.352 e. The molecule has 0 heterocycles. The highest BCUT2D eigenvalue weighted by molar-refractivity contribution is 7.92. The van der Waals surface area contributed by atoms with Gasteiger partial charge in [0.05, 0.1) is 22.0 Å². The fourth-order valence-corrected chi connectivity index (χ4v) is 6.45. The Labute approximate surface area is 242 Å². The lowest BCUT2D eigenvalue weighted by atomic mass is 10.1. The third kappa shape index (κ3) is 8.35. The van der Waals surface area contributed by atoms with Crippen LogP contribution in [0, 0.1) is 13.8 Å². The standard InChI is InChI=1S/C29H39Cl2N3O4S/c1-5-26(29(36)32-23-11-6-7-12-23)33(19-22-15-16-24(30)25(31)18-22)28(35)14-9-17-34(39(4,37)38)27-13-8-10-20(2)21(27)3/h8,10,13,15-16,18,23,26H,5-7,9,11-12,14,17,19H2,1-4H3,(H,32,36)/t26-/m1/s1. The number of benzene rings is 2. The number of sulfonamides is 1. The van der Waals surface area contributed by atoms with Crippen molar-refractivity contribution in [3.05, 3.63) is 63.1 Å². The van der Waals surface area contributed by atoms with Crippen molar-refractivity contribution in [3.8, 4) is 0 Å². The van der Waals surface area contributed by atoms with Crippen LogP contribution in [-0.2, 0) is 26.2 Å². The number of anilines is 1. The van der Waals surface area contributed by atoms with Crippen molar-refractivity contribution in [2.24, 2.45) is 0 Å². The van der Waals surface area contributed by atoms with E-state index in [0.29, 0.717) is 28.6 Å². The van der Waals surface area contributed by atoms with Gasteiger partial charge < -0.3 is 10.2 Å². The van der Waals surface area contributed by atoms with E-state index in [9.17, 15) is 18.0 Å². The third-order valence-corrected chi connectivity index (χ3v) is 9.34. The molecule has 0 saturated heterocycles. The summed E-state index contributed by atoms with van der Waals surface area (Å²) in [6, 6.07) is 10.2. The lowest BCUT2D eigenvalue weighted by Crippen LogP contribution is -2.51. The van der Waals surface area contributed by atoms with E-state index >= 15 is 0 Å². The first-order valence-corrected chi connectivity index (χ1v) is 16.1. The molecule has 2 aromatic carbocycles. The van der Waals surface area contributed by atoms with Gasteiger partial charge in [0.25, 0.3) is 0 Å². The number of halogens is 2. The Morgan fingerprint density at radius 3 is 2.38 bits per heavy atom. The van der Waals surface area contributed by atoms with Crippen LogP contribution < -0.4 is 9.62 Å². The van der Waals surface area contributed by atoms with Crippen LogP contribution in [0.25, 0.3) is 0 Å². The number of amides is 2. The largest absolute Gasteiger partial charge is 0.352 e. The summed E-state index contributed by atoms with van der Waals surface area (Å²) in [7, 11) is -3.56. The van der Waals surface area contributed by atoms with Gasteiger partial charge in [0, 0.05) is 25.6 Å². The van der Waals surface area contributed by atoms with Gasteiger partial charge in [-0.05, 0) is 74.4 Å². The molecule has 1 saturated carbocycles. The Morgan fingerprint density at radius 2 is 1.77 bits per heavy atom. The molecule has 2 aromatic rings. The first-order chi connectivity index (χ1) is 18.4. The van der Waals surface area contributed by atoms with E-state index in [1.54, 1.807) is 29.2 Å². The molecule has 0 aromatic heterocycles. The van der Waals surface area contributed by atoms with Crippen molar-refractivity contribution >= 4 is 50.7 Å². The number of carbonyl (C=O) groups excluding carboxylic acids is 2. The molecule has 10 heteroatoms. The topological polar surface area (TPSA) is 86.8 Å². The number of nitrogens with zero attached hydrogens (tertiary/aromatic N) is 2. The van der Waals surface area contributed by atoms with Crippen molar-refractivity contribution < 1.29 is 18.0 Å². The Hall–Kier alpha value is -2.29. The quantitative estimate of drug-likeness (QED) is 0.325. The molecule has 1 N–H and O–H groups in total. The van der Waals surface area contributed by atoms with Crippen molar-refractivity contribution in [1.82, 2.24) is 10.2 Å². The number of hydrogen-bond acceptors (Lipinski definition) is 4. The molecule has 2 amide bonds. The number of rotatable bonds is 12. The van der Waals surface area contributed by atoms with Crippen LogP contribution in [0.3, 0.4) is 0 Å². The van der Waals surface area contributed by atoms with Crippen molar-refractivity contribution in [2.45, 2.75) is 84.3 Å².